The van der Waals surface area contributed by atoms with Gasteiger partial charge in [0.25, 0.3) is 0 Å². The molecule has 1 saturated heterocycles. The highest BCUT2D eigenvalue weighted by molar-refractivity contribution is 5.76. The SMILES string of the molecule is CC(C)(C(=O)O)n1nncc1-c1cn([C@@H]2O[C@H](CO)[C@H](O)[C@H](O)[C@H]2O)nn1. The van der Waals surface area contributed by atoms with Crippen molar-refractivity contribution in [2.24, 2.45) is 0 Å². The van der Waals surface area contributed by atoms with Crippen molar-refractivity contribution in [1.82, 2.24) is 30.0 Å². The Morgan fingerprint density at radius 2 is 1.93 bits per heavy atom. The van der Waals surface area contributed by atoms with Gasteiger partial charge in [-0.3, -0.25) is 0 Å². The number of hydrogen-bond donors (Lipinski definition) is 5. The molecule has 0 bridgehead atoms. The summed E-state index contributed by atoms with van der Waals surface area (Å²) in [7, 11) is 0. The second-order valence-corrected chi connectivity index (χ2v) is 6.70. The standard InChI is InChI=1S/C14H20N6O7/c1-14(2,13(25)26)20-7(3-15-17-20)6-4-19(18-16-6)12-11(24)10(23)9(22)8(5-21)27-12/h3-4,8-12,21-24H,5H2,1-2H3,(H,25,26)/t8-,9+,10+,11-,12-/m1/s1. The van der Waals surface area contributed by atoms with Gasteiger partial charge in [0.2, 0.25) is 0 Å². The highest BCUT2D eigenvalue weighted by Gasteiger charge is 2.45. The van der Waals surface area contributed by atoms with E-state index in [9.17, 15) is 30.3 Å². The first-order valence-corrected chi connectivity index (χ1v) is 8.05. The van der Waals surface area contributed by atoms with E-state index in [1.165, 1.54) is 26.2 Å². The first-order chi connectivity index (χ1) is 12.7. The summed E-state index contributed by atoms with van der Waals surface area (Å²) in [5.41, 5.74) is -0.941. The van der Waals surface area contributed by atoms with Crippen LogP contribution in [0.15, 0.2) is 12.4 Å². The first-order valence-electron chi connectivity index (χ1n) is 8.05. The lowest BCUT2D eigenvalue weighted by Crippen LogP contribution is -2.56. The van der Waals surface area contributed by atoms with Crippen molar-refractivity contribution in [1.29, 1.82) is 0 Å². The molecule has 1 aliphatic rings. The van der Waals surface area contributed by atoms with Crippen molar-refractivity contribution in [3.8, 4) is 11.4 Å². The van der Waals surface area contributed by atoms with E-state index in [0.29, 0.717) is 0 Å². The van der Waals surface area contributed by atoms with E-state index < -0.39 is 48.8 Å². The van der Waals surface area contributed by atoms with Gasteiger partial charge >= 0.3 is 5.97 Å². The molecule has 27 heavy (non-hydrogen) atoms. The Bertz CT molecular complexity index is 818. The average molecular weight is 384 g/mol. The summed E-state index contributed by atoms with van der Waals surface area (Å²) in [5.74, 6) is -1.13. The van der Waals surface area contributed by atoms with Gasteiger partial charge in [-0.1, -0.05) is 10.4 Å². The second-order valence-electron chi connectivity index (χ2n) is 6.70. The van der Waals surface area contributed by atoms with Gasteiger partial charge in [-0.2, -0.15) is 0 Å². The minimum absolute atomic E-state index is 0.200. The summed E-state index contributed by atoms with van der Waals surface area (Å²) in [6, 6.07) is 0. The lowest BCUT2D eigenvalue weighted by molar-refractivity contribution is -0.254. The number of hydrogen-bond acceptors (Lipinski definition) is 10. The number of nitrogens with zero attached hydrogens (tertiary/aromatic N) is 6. The predicted octanol–water partition coefficient (Wildman–Crippen LogP) is -2.67. The molecule has 3 heterocycles. The number of carbonyl (C=O) groups is 1. The molecule has 148 valence electrons. The zero-order chi connectivity index (χ0) is 19.9. The van der Waals surface area contributed by atoms with Crippen LogP contribution in [-0.4, -0.2) is 92.5 Å². The average Bonchev–Trinajstić information content (AvgIpc) is 3.29. The van der Waals surface area contributed by atoms with Gasteiger partial charge in [0.05, 0.1) is 19.0 Å². The van der Waals surface area contributed by atoms with Crippen LogP contribution in [0.3, 0.4) is 0 Å². The maximum absolute atomic E-state index is 11.5. The monoisotopic (exact) mass is 384 g/mol. The molecule has 0 unspecified atom stereocenters. The number of carboxylic acid groups (broad SMARTS) is 1. The van der Waals surface area contributed by atoms with E-state index in [4.69, 9.17) is 4.74 Å². The van der Waals surface area contributed by atoms with Crippen LogP contribution in [0, 0.1) is 0 Å². The molecule has 0 saturated carbocycles. The van der Waals surface area contributed by atoms with Crippen LogP contribution in [0.1, 0.15) is 20.1 Å². The molecule has 1 aliphatic heterocycles. The van der Waals surface area contributed by atoms with Crippen molar-refractivity contribution >= 4 is 5.97 Å². The van der Waals surface area contributed by atoms with Crippen LogP contribution in [0.25, 0.3) is 11.4 Å². The Morgan fingerprint density at radius 3 is 2.56 bits per heavy atom. The number of ether oxygens (including phenoxy) is 1. The van der Waals surface area contributed by atoms with Gasteiger partial charge in [0.15, 0.2) is 11.8 Å². The van der Waals surface area contributed by atoms with E-state index in [0.717, 1.165) is 9.36 Å². The molecule has 5 atom stereocenters. The summed E-state index contributed by atoms with van der Waals surface area (Å²) in [6.45, 7) is 2.30. The second kappa shape index (κ2) is 6.94. The molecule has 0 radical (unpaired) electrons. The van der Waals surface area contributed by atoms with Gasteiger partial charge in [0.1, 0.15) is 35.8 Å². The zero-order valence-electron chi connectivity index (χ0n) is 14.5. The Balaban J connectivity index is 1.93. The molecule has 2 aromatic heterocycles. The lowest BCUT2D eigenvalue weighted by Gasteiger charge is -2.39. The molecule has 0 aliphatic carbocycles. The van der Waals surface area contributed by atoms with Gasteiger partial charge in [-0.25, -0.2) is 14.2 Å². The highest BCUT2D eigenvalue weighted by atomic mass is 16.6. The van der Waals surface area contributed by atoms with Gasteiger partial charge < -0.3 is 30.3 Å². The topological polar surface area (TPSA) is 189 Å². The molecular formula is C14H20N6O7. The molecule has 2 aromatic rings. The Hall–Kier alpha value is -2.45. The maximum Gasteiger partial charge on any atom is 0.331 e. The number of aliphatic carboxylic acids is 1. The van der Waals surface area contributed by atoms with Gasteiger partial charge in [-0.15, -0.1) is 10.2 Å². The third kappa shape index (κ3) is 3.19. The fourth-order valence-corrected chi connectivity index (χ4v) is 2.73. The van der Waals surface area contributed by atoms with Crippen LogP contribution < -0.4 is 0 Å². The predicted molar refractivity (Wildman–Crippen MR) is 85.0 cm³/mol. The minimum Gasteiger partial charge on any atom is -0.479 e. The maximum atomic E-state index is 11.5. The summed E-state index contributed by atoms with van der Waals surface area (Å²) in [5, 5.41) is 63.8. The third-order valence-electron chi connectivity index (χ3n) is 4.50. The number of aromatic nitrogens is 6. The van der Waals surface area contributed by atoms with Gasteiger partial charge in [-0.05, 0) is 13.8 Å². The van der Waals surface area contributed by atoms with Crippen molar-refractivity contribution < 1.29 is 35.1 Å². The van der Waals surface area contributed by atoms with E-state index >= 15 is 0 Å². The van der Waals surface area contributed by atoms with Crippen molar-refractivity contribution in [3.05, 3.63) is 12.4 Å². The molecule has 3 rings (SSSR count). The van der Waals surface area contributed by atoms with Crippen LogP contribution in [-0.2, 0) is 15.1 Å². The quantitative estimate of drug-likeness (QED) is 0.361. The molecular weight excluding hydrogens is 364 g/mol. The summed E-state index contributed by atoms with van der Waals surface area (Å²) in [6.07, 6.45) is -4.25. The van der Waals surface area contributed by atoms with E-state index in [1.807, 2.05) is 0 Å². The van der Waals surface area contributed by atoms with Crippen LogP contribution >= 0.6 is 0 Å². The Morgan fingerprint density at radius 1 is 1.22 bits per heavy atom. The molecule has 13 heteroatoms. The van der Waals surface area contributed by atoms with E-state index in [1.54, 1.807) is 0 Å². The fraction of sp³-hybridized carbons (Fsp3) is 0.643. The smallest absolute Gasteiger partial charge is 0.331 e. The molecule has 5 N–H and O–H groups in total. The summed E-state index contributed by atoms with van der Waals surface area (Å²) in [4.78, 5) is 11.5. The Labute approximate surface area is 152 Å². The van der Waals surface area contributed by atoms with Crippen molar-refractivity contribution in [2.75, 3.05) is 6.61 Å². The van der Waals surface area contributed by atoms with Gasteiger partial charge in [0, 0.05) is 0 Å². The van der Waals surface area contributed by atoms with Crippen molar-refractivity contribution in [2.45, 2.75) is 50.0 Å². The fourth-order valence-electron chi connectivity index (χ4n) is 2.73. The normalized spacial score (nSPS) is 29.0. The minimum atomic E-state index is -1.56. The largest absolute Gasteiger partial charge is 0.479 e. The summed E-state index contributed by atoms with van der Waals surface area (Å²) < 4.78 is 7.67. The molecule has 13 nitrogen and oxygen atoms in total. The number of aliphatic hydroxyl groups excluding tert-OH is 4. The highest BCUT2D eigenvalue weighted by Crippen LogP contribution is 2.29. The Kier molecular flexibility index (Phi) is 4.96. The van der Waals surface area contributed by atoms with E-state index in [-0.39, 0.29) is 11.4 Å². The third-order valence-corrected chi connectivity index (χ3v) is 4.50. The lowest BCUT2D eigenvalue weighted by atomic mass is 9.98. The molecule has 0 spiro atoms. The number of carboxylic acids is 1. The van der Waals surface area contributed by atoms with Crippen LogP contribution in [0.2, 0.25) is 0 Å². The molecule has 0 aromatic carbocycles. The van der Waals surface area contributed by atoms with Crippen LogP contribution in [0.4, 0.5) is 0 Å². The molecule has 1 fully saturated rings. The zero-order valence-corrected chi connectivity index (χ0v) is 14.5. The number of aliphatic hydroxyl groups is 4. The van der Waals surface area contributed by atoms with E-state index in [2.05, 4.69) is 20.6 Å². The molecule has 0 amide bonds. The van der Waals surface area contributed by atoms with Crippen LogP contribution in [0.5, 0.6) is 0 Å². The van der Waals surface area contributed by atoms with Crippen molar-refractivity contribution in [3.63, 3.8) is 0 Å². The summed E-state index contributed by atoms with van der Waals surface area (Å²) >= 11 is 0. The number of rotatable bonds is 5. The first kappa shape index (κ1) is 19.3.